The summed E-state index contributed by atoms with van der Waals surface area (Å²) in [6.07, 6.45) is 1.01. The Balaban J connectivity index is 2.53. The predicted octanol–water partition coefficient (Wildman–Crippen LogP) is 0.365. The van der Waals surface area contributed by atoms with E-state index in [-0.39, 0.29) is 12.5 Å². The molecule has 0 bridgehead atoms. The van der Waals surface area contributed by atoms with Crippen LogP contribution >= 0.6 is 0 Å². The molecule has 0 aliphatic carbocycles. The Morgan fingerprint density at radius 2 is 1.87 bits per heavy atom. The number of nitrogens with one attached hydrogen (secondary N) is 3. The smallest absolute Gasteiger partial charge is 0.251 e. The lowest BCUT2D eigenvalue weighted by Crippen LogP contribution is -2.41. The van der Waals surface area contributed by atoms with Gasteiger partial charge in [-0.05, 0) is 31.0 Å². The van der Waals surface area contributed by atoms with E-state index in [9.17, 15) is 9.59 Å². The number of hydrogen-bond donors (Lipinski definition) is 4. The lowest BCUT2D eigenvalue weighted by molar-refractivity contribution is -0.117. The van der Waals surface area contributed by atoms with Gasteiger partial charge in [0.1, 0.15) is 0 Å². The first-order chi connectivity index (χ1) is 11.0. The van der Waals surface area contributed by atoms with Crippen LogP contribution in [0.25, 0.3) is 0 Å². The molecule has 0 spiro atoms. The average molecular weight is 319 g/mol. The molecule has 23 heavy (non-hydrogen) atoms. The fraction of sp³-hybridized carbons (Fsp3) is 0.438. The Bertz CT molecular complexity index is 554. The van der Waals surface area contributed by atoms with E-state index in [1.165, 1.54) is 0 Å². The number of aliphatic imine (C=N–C) groups is 1. The van der Waals surface area contributed by atoms with Gasteiger partial charge in [-0.3, -0.25) is 14.6 Å². The van der Waals surface area contributed by atoms with Gasteiger partial charge in [-0.1, -0.05) is 19.1 Å². The van der Waals surface area contributed by atoms with E-state index < -0.39 is 5.91 Å². The van der Waals surface area contributed by atoms with Gasteiger partial charge in [-0.2, -0.15) is 0 Å². The minimum absolute atomic E-state index is 0.167. The van der Waals surface area contributed by atoms with Crippen LogP contribution in [0.5, 0.6) is 0 Å². The molecule has 1 atom stereocenters. The van der Waals surface area contributed by atoms with Gasteiger partial charge in [0.05, 0.1) is 6.54 Å². The fourth-order valence-electron chi connectivity index (χ4n) is 1.76. The van der Waals surface area contributed by atoms with Crippen molar-refractivity contribution >= 4 is 17.8 Å². The van der Waals surface area contributed by atoms with Crippen molar-refractivity contribution in [3.05, 3.63) is 35.4 Å². The van der Waals surface area contributed by atoms with Crippen LogP contribution < -0.4 is 21.7 Å². The number of guanidine groups is 1. The van der Waals surface area contributed by atoms with Crippen LogP contribution in [0.4, 0.5) is 0 Å². The van der Waals surface area contributed by atoms with Crippen LogP contribution in [0.15, 0.2) is 29.3 Å². The van der Waals surface area contributed by atoms with Crippen molar-refractivity contribution in [1.82, 2.24) is 16.0 Å². The molecule has 0 aliphatic heterocycles. The molecule has 1 rings (SSSR count). The third-order valence-corrected chi connectivity index (χ3v) is 3.32. The van der Waals surface area contributed by atoms with Gasteiger partial charge in [-0.15, -0.1) is 0 Å². The molecule has 7 heteroatoms. The van der Waals surface area contributed by atoms with Gasteiger partial charge in [-0.25, -0.2) is 0 Å². The van der Waals surface area contributed by atoms with Crippen LogP contribution in [0, 0.1) is 0 Å². The molecule has 1 unspecified atom stereocenters. The Kier molecular flexibility index (Phi) is 7.59. The predicted molar refractivity (Wildman–Crippen MR) is 91.1 cm³/mol. The normalized spacial score (nSPS) is 12.4. The average Bonchev–Trinajstić information content (AvgIpc) is 2.56. The van der Waals surface area contributed by atoms with Crippen molar-refractivity contribution in [1.29, 1.82) is 0 Å². The summed E-state index contributed by atoms with van der Waals surface area (Å²) in [6.45, 7) is 4.62. The Labute approximate surface area is 136 Å². The zero-order valence-corrected chi connectivity index (χ0v) is 13.8. The maximum absolute atomic E-state index is 11.8. The number of amides is 2. The van der Waals surface area contributed by atoms with E-state index in [2.05, 4.69) is 34.8 Å². The molecule has 2 amide bonds. The van der Waals surface area contributed by atoms with Crippen molar-refractivity contribution in [2.45, 2.75) is 32.9 Å². The molecular weight excluding hydrogens is 294 g/mol. The molecule has 7 nitrogen and oxygen atoms in total. The summed E-state index contributed by atoms with van der Waals surface area (Å²) < 4.78 is 0. The van der Waals surface area contributed by atoms with Crippen molar-refractivity contribution in [2.75, 3.05) is 13.6 Å². The van der Waals surface area contributed by atoms with Crippen LogP contribution in [0.3, 0.4) is 0 Å². The van der Waals surface area contributed by atoms with Crippen LogP contribution in [-0.4, -0.2) is 37.4 Å². The molecule has 0 aromatic heterocycles. The first-order valence-corrected chi connectivity index (χ1v) is 7.58. The highest BCUT2D eigenvalue weighted by Gasteiger charge is 2.07. The molecule has 0 fully saturated rings. The number of nitrogens with two attached hydrogens (primary N) is 1. The molecule has 0 saturated heterocycles. The lowest BCUT2D eigenvalue weighted by Gasteiger charge is -2.16. The minimum atomic E-state index is -0.570. The standard InChI is InChI=1S/C16H25N5O2/c1-4-11(2)21-16(18-3)20-9-12-5-7-13(8-6-12)15(23)19-10-14(17)22/h5-8,11H,4,9-10H2,1-3H3,(H2,17,22)(H,19,23)(H2,18,20,21). The molecule has 1 aromatic rings. The number of hydrogen-bond acceptors (Lipinski definition) is 3. The van der Waals surface area contributed by atoms with Crippen LogP contribution in [0.1, 0.15) is 36.2 Å². The lowest BCUT2D eigenvalue weighted by atomic mass is 10.1. The number of primary amides is 1. The van der Waals surface area contributed by atoms with Gasteiger partial charge in [0.25, 0.3) is 5.91 Å². The second kappa shape index (κ2) is 9.45. The van der Waals surface area contributed by atoms with Gasteiger partial charge in [0, 0.05) is 25.2 Å². The first kappa shape index (κ1) is 18.5. The summed E-state index contributed by atoms with van der Waals surface area (Å²) in [6, 6.07) is 7.46. The molecule has 0 aliphatic rings. The van der Waals surface area contributed by atoms with E-state index in [4.69, 9.17) is 5.73 Å². The largest absolute Gasteiger partial charge is 0.368 e. The second-order valence-corrected chi connectivity index (χ2v) is 5.23. The summed E-state index contributed by atoms with van der Waals surface area (Å²) in [5.41, 5.74) is 6.49. The monoisotopic (exact) mass is 319 g/mol. The summed E-state index contributed by atoms with van der Waals surface area (Å²) in [4.78, 5) is 26.6. The van der Waals surface area contributed by atoms with E-state index in [0.29, 0.717) is 18.2 Å². The van der Waals surface area contributed by atoms with Crippen molar-refractivity contribution in [3.63, 3.8) is 0 Å². The Morgan fingerprint density at radius 3 is 2.39 bits per heavy atom. The maximum atomic E-state index is 11.8. The maximum Gasteiger partial charge on any atom is 0.251 e. The van der Waals surface area contributed by atoms with Gasteiger partial charge < -0.3 is 21.7 Å². The van der Waals surface area contributed by atoms with Crippen LogP contribution in [-0.2, 0) is 11.3 Å². The quantitative estimate of drug-likeness (QED) is 0.430. The number of nitrogens with zero attached hydrogens (tertiary/aromatic N) is 1. The minimum Gasteiger partial charge on any atom is -0.368 e. The van der Waals surface area contributed by atoms with Crippen molar-refractivity contribution in [2.24, 2.45) is 10.7 Å². The molecule has 0 heterocycles. The van der Waals surface area contributed by atoms with E-state index in [0.717, 1.165) is 17.9 Å². The Morgan fingerprint density at radius 1 is 1.22 bits per heavy atom. The summed E-state index contributed by atoms with van der Waals surface area (Å²) in [7, 11) is 1.73. The number of rotatable bonds is 7. The second-order valence-electron chi connectivity index (χ2n) is 5.23. The molecule has 5 N–H and O–H groups in total. The summed E-state index contributed by atoms with van der Waals surface area (Å²) in [5.74, 6) is -0.153. The third kappa shape index (κ3) is 6.82. The molecule has 0 saturated carbocycles. The molecule has 1 aromatic carbocycles. The van der Waals surface area contributed by atoms with E-state index in [1.54, 1.807) is 19.2 Å². The molecule has 0 radical (unpaired) electrons. The highest BCUT2D eigenvalue weighted by Crippen LogP contribution is 2.04. The topological polar surface area (TPSA) is 109 Å². The van der Waals surface area contributed by atoms with Crippen LogP contribution in [0.2, 0.25) is 0 Å². The van der Waals surface area contributed by atoms with E-state index >= 15 is 0 Å². The zero-order valence-electron chi connectivity index (χ0n) is 13.8. The highest BCUT2D eigenvalue weighted by molar-refractivity contribution is 5.96. The summed E-state index contributed by atoms with van der Waals surface area (Å²) in [5, 5.41) is 8.94. The Hall–Kier alpha value is -2.57. The number of carbonyl (C=O) groups excluding carboxylic acids is 2. The van der Waals surface area contributed by atoms with Gasteiger partial charge in [0.2, 0.25) is 5.91 Å². The van der Waals surface area contributed by atoms with E-state index in [1.807, 2.05) is 12.1 Å². The van der Waals surface area contributed by atoms with Gasteiger partial charge in [0.15, 0.2) is 5.96 Å². The summed E-state index contributed by atoms with van der Waals surface area (Å²) >= 11 is 0. The highest BCUT2D eigenvalue weighted by atomic mass is 16.2. The third-order valence-electron chi connectivity index (χ3n) is 3.32. The number of benzene rings is 1. The molecular formula is C16H25N5O2. The fourth-order valence-corrected chi connectivity index (χ4v) is 1.76. The van der Waals surface area contributed by atoms with Crippen molar-refractivity contribution < 1.29 is 9.59 Å². The van der Waals surface area contributed by atoms with Crippen molar-refractivity contribution in [3.8, 4) is 0 Å². The SMILES string of the molecule is CCC(C)NC(=NC)NCc1ccc(C(=O)NCC(N)=O)cc1. The molecule has 126 valence electrons. The first-order valence-electron chi connectivity index (χ1n) is 7.58. The number of carbonyl (C=O) groups is 2. The zero-order chi connectivity index (χ0) is 17.2. The van der Waals surface area contributed by atoms with Gasteiger partial charge >= 0.3 is 0 Å².